The highest BCUT2D eigenvalue weighted by Crippen LogP contribution is 2.29. The molecule has 1 aromatic rings. The summed E-state index contributed by atoms with van der Waals surface area (Å²) in [5.41, 5.74) is -0.726. The van der Waals surface area contributed by atoms with Crippen LogP contribution in [0.5, 0.6) is 0 Å². The Labute approximate surface area is 101 Å². The number of hydrogen-bond donors (Lipinski definition) is 0. The fraction of sp³-hybridized carbons (Fsp3) is 0.500. The van der Waals surface area contributed by atoms with Gasteiger partial charge in [-0.1, -0.05) is 15.9 Å². The fourth-order valence-electron chi connectivity index (χ4n) is 1.09. The Morgan fingerprint density at radius 3 is 2.44 bits per heavy atom. The molecule has 0 fully saturated rings. The minimum atomic E-state index is -4.33. The number of alkyl halides is 4. The summed E-state index contributed by atoms with van der Waals surface area (Å²) in [7, 11) is 1.79. The summed E-state index contributed by atoms with van der Waals surface area (Å²) in [4.78, 5) is 5.61. The van der Waals surface area contributed by atoms with Gasteiger partial charge in [-0.2, -0.15) is 13.2 Å². The number of aromatic nitrogens is 1. The minimum Gasteiger partial charge on any atom is -0.356 e. The highest BCUT2D eigenvalue weighted by atomic mass is 79.9. The summed E-state index contributed by atoms with van der Waals surface area (Å²) >= 11 is 3.31. The lowest BCUT2D eigenvalue weighted by Gasteiger charge is -2.24. The molecule has 0 bridgehead atoms. The molecule has 1 unspecified atom stereocenters. The van der Waals surface area contributed by atoms with Crippen molar-refractivity contribution >= 4 is 21.7 Å². The molecule has 1 atom stereocenters. The predicted octanol–water partition coefficient (Wildman–Crippen LogP) is 3.32. The van der Waals surface area contributed by atoms with Crippen LogP contribution >= 0.6 is 15.9 Å². The van der Waals surface area contributed by atoms with Gasteiger partial charge in [-0.25, -0.2) is 4.98 Å². The largest absolute Gasteiger partial charge is 0.417 e. The molecule has 1 heterocycles. The zero-order valence-corrected chi connectivity index (χ0v) is 10.5. The average Bonchev–Trinajstić information content (AvgIpc) is 2.26. The van der Waals surface area contributed by atoms with Crippen LogP contribution in [0.25, 0.3) is 0 Å². The molecule has 0 aromatic carbocycles. The number of halogens is 4. The van der Waals surface area contributed by atoms with Gasteiger partial charge in [0.05, 0.1) is 5.56 Å². The zero-order chi connectivity index (χ0) is 12.3. The number of rotatable bonds is 3. The van der Waals surface area contributed by atoms with E-state index in [0.717, 1.165) is 17.6 Å². The molecule has 0 saturated heterocycles. The predicted molar refractivity (Wildman–Crippen MR) is 60.9 cm³/mol. The standard InChI is InChI=1S/C10H12BrF3N2/c1-7(5-11)16(2)9-4-3-8(6-15-9)10(12,13)14/h3-4,6-7H,5H2,1-2H3. The van der Waals surface area contributed by atoms with Gasteiger partial charge in [0.15, 0.2) is 0 Å². The van der Waals surface area contributed by atoms with Gasteiger partial charge in [-0.3, -0.25) is 0 Å². The summed E-state index contributed by atoms with van der Waals surface area (Å²) in [5, 5.41) is 0.728. The Morgan fingerprint density at radius 1 is 1.44 bits per heavy atom. The number of hydrogen-bond acceptors (Lipinski definition) is 2. The van der Waals surface area contributed by atoms with Crippen molar-refractivity contribution in [1.82, 2.24) is 4.98 Å². The summed E-state index contributed by atoms with van der Waals surface area (Å²) in [6.45, 7) is 1.95. The lowest BCUT2D eigenvalue weighted by Crippen LogP contribution is -2.30. The van der Waals surface area contributed by atoms with Crippen LogP contribution in [-0.4, -0.2) is 23.4 Å². The Bertz CT molecular complexity index is 337. The molecule has 0 aliphatic carbocycles. The quantitative estimate of drug-likeness (QED) is 0.796. The fourth-order valence-corrected chi connectivity index (χ4v) is 1.53. The van der Waals surface area contributed by atoms with E-state index in [9.17, 15) is 13.2 Å². The van der Waals surface area contributed by atoms with E-state index < -0.39 is 11.7 Å². The van der Waals surface area contributed by atoms with E-state index in [0.29, 0.717) is 5.82 Å². The van der Waals surface area contributed by atoms with Crippen molar-refractivity contribution < 1.29 is 13.2 Å². The minimum absolute atomic E-state index is 0.171. The molecule has 90 valence electrons. The lowest BCUT2D eigenvalue weighted by molar-refractivity contribution is -0.137. The molecule has 0 aliphatic rings. The second kappa shape index (κ2) is 5.03. The molecule has 6 heteroatoms. The molecule has 0 amide bonds. The summed E-state index contributed by atoms with van der Waals surface area (Å²) in [6.07, 6.45) is -3.47. The zero-order valence-electron chi connectivity index (χ0n) is 8.92. The van der Waals surface area contributed by atoms with Crippen LogP contribution in [0.3, 0.4) is 0 Å². The SMILES string of the molecule is CC(CBr)N(C)c1ccc(C(F)(F)F)cn1. The summed E-state index contributed by atoms with van der Waals surface area (Å²) in [5.74, 6) is 0.528. The Kier molecular flexibility index (Phi) is 4.18. The van der Waals surface area contributed by atoms with Crippen molar-refractivity contribution in [2.24, 2.45) is 0 Å². The van der Waals surface area contributed by atoms with Gasteiger partial charge in [-0.05, 0) is 19.1 Å². The van der Waals surface area contributed by atoms with E-state index in [1.54, 1.807) is 7.05 Å². The van der Waals surface area contributed by atoms with Crippen molar-refractivity contribution in [3.8, 4) is 0 Å². The van der Waals surface area contributed by atoms with Gasteiger partial charge in [0.2, 0.25) is 0 Å². The van der Waals surface area contributed by atoms with Crippen LogP contribution in [0.4, 0.5) is 19.0 Å². The van der Waals surface area contributed by atoms with E-state index in [1.807, 2.05) is 11.8 Å². The first-order chi connectivity index (χ1) is 7.36. The van der Waals surface area contributed by atoms with Gasteiger partial charge in [-0.15, -0.1) is 0 Å². The molecule has 16 heavy (non-hydrogen) atoms. The van der Waals surface area contributed by atoms with E-state index in [2.05, 4.69) is 20.9 Å². The summed E-state index contributed by atoms with van der Waals surface area (Å²) in [6, 6.07) is 2.59. The lowest BCUT2D eigenvalue weighted by atomic mass is 10.2. The van der Waals surface area contributed by atoms with Gasteiger partial charge < -0.3 is 4.90 Å². The number of anilines is 1. The molecule has 1 aromatic heterocycles. The van der Waals surface area contributed by atoms with Gasteiger partial charge in [0.1, 0.15) is 5.82 Å². The van der Waals surface area contributed by atoms with Crippen LogP contribution in [-0.2, 0) is 6.18 Å². The molecule has 0 radical (unpaired) electrons. The third kappa shape index (κ3) is 3.10. The first kappa shape index (κ1) is 13.3. The highest BCUT2D eigenvalue weighted by molar-refractivity contribution is 9.09. The second-order valence-electron chi connectivity index (χ2n) is 3.52. The molecule has 0 spiro atoms. The molecule has 2 nitrogen and oxygen atoms in total. The van der Waals surface area contributed by atoms with Crippen molar-refractivity contribution in [3.05, 3.63) is 23.9 Å². The molecular formula is C10H12BrF3N2. The Hall–Kier alpha value is -0.780. The Morgan fingerprint density at radius 2 is 2.06 bits per heavy atom. The molecule has 1 rings (SSSR count). The number of pyridine rings is 1. The molecule has 0 N–H and O–H groups in total. The number of nitrogens with zero attached hydrogens (tertiary/aromatic N) is 2. The van der Waals surface area contributed by atoms with Crippen LogP contribution in [0.2, 0.25) is 0 Å². The van der Waals surface area contributed by atoms with Crippen LogP contribution < -0.4 is 4.90 Å². The van der Waals surface area contributed by atoms with E-state index in [-0.39, 0.29) is 6.04 Å². The highest BCUT2D eigenvalue weighted by Gasteiger charge is 2.30. The maximum atomic E-state index is 12.3. The molecular weight excluding hydrogens is 285 g/mol. The van der Waals surface area contributed by atoms with Crippen LogP contribution in [0, 0.1) is 0 Å². The van der Waals surface area contributed by atoms with Crippen molar-refractivity contribution in [3.63, 3.8) is 0 Å². The smallest absolute Gasteiger partial charge is 0.356 e. The van der Waals surface area contributed by atoms with Crippen molar-refractivity contribution in [2.45, 2.75) is 19.1 Å². The average molecular weight is 297 g/mol. The monoisotopic (exact) mass is 296 g/mol. The van der Waals surface area contributed by atoms with E-state index in [1.165, 1.54) is 6.07 Å². The van der Waals surface area contributed by atoms with Gasteiger partial charge in [0.25, 0.3) is 0 Å². The van der Waals surface area contributed by atoms with Crippen LogP contribution in [0.1, 0.15) is 12.5 Å². The Balaban J connectivity index is 2.87. The third-order valence-electron chi connectivity index (χ3n) is 2.32. The molecule has 0 saturated carbocycles. The molecule has 0 aliphatic heterocycles. The topological polar surface area (TPSA) is 16.1 Å². The van der Waals surface area contributed by atoms with Crippen molar-refractivity contribution in [2.75, 3.05) is 17.3 Å². The maximum absolute atomic E-state index is 12.3. The second-order valence-corrected chi connectivity index (χ2v) is 4.16. The van der Waals surface area contributed by atoms with Gasteiger partial charge >= 0.3 is 6.18 Å². The first-order valence-corrected chi connectivity index (χ1v) is 5.80. The first-order valence-electron chi connectivity index (χ1n) is 4.68. The van der Waals surface area contributed by atoms with Crippen molar-refractivity contribution in [1.29, 1.82) is 0 Å². The van der Waals surface area contributed by atoms with E-state index >= 15 is 0 Å². The van der Waals surface area contributed by atoms with E-state index in [4.69, 9.17) is 0 Å². The van der Waals surface area contributed by atoms with Gasteiger partial charge in [0, 0.05) is 24.6 Å². The maximum Gasteiger partial charge on any atom is 0.417 e. The third-order valence-corrected chi connectivity index (χ3v) is 3.26. The van der Waals surface area contributed by atoms with Crippen LogP contribution in [0.15, 0.2) is 18.3 Å². The summed E-state index contributed by atoms with van der Waals surface area (Å²) < 4.78 is 36.9. The normalized spacial score (nSPS) is 13.6.